The summed E-state index contributed by atoms with van der Waals surface area (Å²) >= 11 is 0. The van der Waals surface area contributed by atoms with Crippen LogP contribution in [0.1, 0.15) is 52.9 Å². The number of amides is 1. The Kier molecular flexibility index (Phi) is 7.57. The van der Waals surface area contributed by atoms with E-state index in [1.807, 2.05) is 61.5 Å². The second-order valence-electron chi connectivity index (χ2n) is 9.12. The lowest BCUT2D eigenvalue weighted by Gasteiger charge is -2.29. The summed E-state index contributed by atoms with van der Waals surface area (Å²) < 4.78 is 33.6. The maximum atomic E-state index is 13.6. The van der Waals surface area contributed by atoms with Gasteiger partial charge in [0.2, 0.25) is 10.0 Å². The summed E-state index contributed by atoms with van der Waals surface area (Å²) in [5.41, 5.74) is 3.13. The lowest BCUT2D eigenvalue weighted by Crippen LogP contribution is -2.38. The van der Waals surface area contributed by atoms with E-state index < -0.39 is 22.0 Å². The summed E-state index contributed by atoms with van der Waals surface area (Å²) in [5.74, 6) is 0.434. The SMILES string of the molecule is COc1ccc(S(=O)(=O)N2CCC(C)CC2)cc1C(=O)N[C@H](c1ccccc1)c1ccccc1C. The Hall–Kier alpha value is -3.16. The first-order chi connectivity index (χ1) is 16.8. The molecule has 1 heterocycles. The van der Waals surface area contributed by atoms with Crippen molar-refractivity contribution in [3.05, 3.63) is 95.1 Å². The van der Waals surface area contributed by atoms with Crippen LogP contribution in [0.15, 0.2) is 77.7 Å². The number of ether oxygens (including phenoxy) is 1. The largest absolute Gasteiger partial charge is 0.496 e. The molecule has 3 aromatic carbocycles. The van der Waals surface area contributed by atoms with Crippen LogP contribution in [0.3, 0.4) is 0 Å². The van der Waals surface area contributed by atoms with E-state index >= 15 is 0 Å². The molecule has 4 rings (SSSR count). The van der Waals surface area contributed by atoms with Crippen LogP contribution < -0.4 is 10.1 Å². The number of aryl methyl sites for hydroxylation is 1. The van der Waals surface area contributed by atoms with Gasteiger partial charge in [-0.25, -0.2) is 8.42 Å². The van der Waals surface area contributed by atoms with Gasteiger partial charge in [-0.15, -0.1) is 0 Å². The number of hydrogen-bond acceptors (Lipinski definition) is 4. The highest BCUT2D eigenvalue weighted by molar-refractivity contribution is 7.89. The summed E-state index contributed by atoms with van der Waals surface area (Å²) in [6.45, 7) is 5.11. The monoisotopic (exact) mass is 492 g/mol. The Bertz CT molecular complexity index is 1280. The zero-order valence-electron chi connectivity index (χ0n) is 20.4. The zero-order valence-corrected chi connectivity index (χ0v) is 21.2. The van der Waals surface area contributed by atoms with Crippen molar-refractivity contribution < 1.29 is 17.9 Å². The zero-order chi connectivity index (χ0) is 25.0. The van der Waals surface area contributed by atoms with Crippen LogP contribution >= 0.6 is 0 Å². The predicted octanol–water partition coefficient (Wildman–Crippen LogP) is 4.94. The molecule has 3 aromatic rings. The van der Waals surface area contributed by atoms with Crippen molar-refractivity contribution in [2.24, 2.45) is 5.92 Å². The summed E-state index contributed by atoms with van der Waals surface area (Å²) in [7, 11) is -2.23. The number of hydrogen-bond donors (Lipinski definition) is 1. The molecule has 1 atom stereocenters. The molecule has 0 bridgehead atoms. The maximum Gasteiger partial charge on any atom is 0.255 e. The molecule has 1 saturated heterocycles. The Morgan fingerprint density at radius 2 is 1.66 bits per heavy atom. The first-order valence-electron chi connectivity index (χ1n) is 11.9. The summed E-state index contributed by atoms with van der Waals surface area (Å²) in [6.07, 6.45) is 1.66. The number of rotatable bonds is 7. The first-order valence-corrected chi connectivity index (χ1v) is 13.3. The van der Waals surface area contributed by atoms with Crippen LogP contribution in [0.4, 0.5) is 0 Å². The molecule has 1 amide bonds. The van der Waals surface area contributed by atoms with E-state index in [0.717, 1.165) is 29.5 Å². The topological polar surface area (TPSA) is 75.7 Å². The van der Waals surface area contributed by atoms with Gasteiger partial charge in [0.25, 0.3) is 5.91 Å². The molecule has 0 saturated carbocycles. The normalized spacial score (nSPS) is 16.0. The molecule has 184 valence electrons. The van der Waals surface area contributed by atoms with Gasteiger partial charge >= 0.3 is 0 Å². The van der Waals surface area contributed by atoms with E-state index in [-0.39, 0.29) is 10.5 Å². The number of sulfonamides is 1. The fourth-order valence-corrected chi connectivity index (χ4v) is 6.00. The molecule has 7 heteroatoms. The van der Waals surface area contributed by atoms with Gasteiger partial charge in [0, 0.05) is 13.1 Å². The highest BCUT2D eigenvalue weighted by Gasteiger charge is 2.30. The number of carbonyl (C=O) groups is 1. The minimum atomic E-state index is -3.71. The van der Waals surface area contributed by atoms with Crippen molar-refractivity contribution in [1.82, 2.24) is 9.62 Å². The molecule has 1 aliphatic rings. The number of carbonyl (C=O) groups excluding carboxylic acids is 1. The van der Waals surface area contributed by atoms with E-state index in [0.29, 0.717) is 24.8 Å². The molecule has 0 unspecified atom stereocenters. The average Bonchev–Trinajstić information content (AvgIpc) is 2.88. The van der Waals surface area contributed by atoms with Crippen LogP contribution in [0.25, 0.3) is 0 Å². The number of nitrogens with one attached hydrogen (secondary N) is 1. The fourth-order valence-electron chi connectivity index (χ4n) is 4.50. The van der Waals surface area contributed by atoms with E-state index in [4.69, 9.17) is 4.74 Å². The molecule has 0 aromatic heterocycles. The van der Waals surface area contributed by atoms with E-state index in [9.17, 15) is 13.2 Å². The molecule has 35 heavy (non-hydrogen) atoms. The van der Waals surface area contributed by atoms with Crippen LogP contribution in [0.2, 0.25) is 0 Å². The first kappa shape index (κ1) is 24.9. The van der Waals surface area contributed by atoms with Crippen molar-refractivity contribution >= 4 is 15.9 Å². The minimum Gasteiger partial charge on any atom is -0.496 e. The van der Waals surface area contributed by atoms with E-state index in [1.165, 1.54) is 23.5 Å². The fraction of sp³-hybridized carbons (Fsp3) is 0.321. The molecule has 1 N–H and O–H groups in total. The number of benzene rings is 3. The van der Waals surface area contributed by atoms with Crippen molar-refractivity contribution in [3.63, 3.8) is 0 Å². The Morgan fingerprint density at radius 1 is 1.00 bits per heavy atom. The third-order valence-electron chi connectivity index (χ3n) is 6.70. The van der Waals surface area contributed by atoms with Gasteiger partial charge in [-0.05, 0) is 60.6 Å². The smallest absolute Gasteiger partial charge is 0.255 e. The Balaban J connectivity index is 1.69. The van der Waals surface area contributed by atoms with Gasteiger partial charge in [-0.1, -0.05) is 61.5 Å². The molecule has 1 aliphatic heterocycles. The molecular formula is C28H32N2O4S. The second-order valence-corrected chi connectivity index (χ2v) is 11.1. The van der Waals surface area contributed by atoms with Gasteiger partial charge in [0.15, 0.2) is 0 Å². The van der Waals surface area contributed by atoms with Gasteiger partial charge in [0.1, 0.15) is 5.75 Å². The maximum absolute atomic E-state index is 13.6. The minimum absolute atomic E-state index is 0.102. The number of methoxy groups -OCH3 is 1. The Morgan fingerprint density at radius 3 is 2.31 bits per heavy atom. The quantitative estimate of drug-likeness (QED) is 0.507. The van der Waals surface area contributed by atoms with E-state index in [1.54, 1.807) is 6.07 Å². The van der Waals surface area contributed by atoms with Crippen molar-refractivity contribution in [2.45, 2.75) is 37.6 Å². The lowest BCUT2D eigenvalue weighted by atomic mass is 9.94. The predicted molar refractivity (Wildman–Crippen MR) is 137 cm³/mol. The van der Waals surface area contributed by atoms with E-state index in [2.05, 4.69) is 12.2 Å². The molecule has 0 aliphatic carbocycles. The van der Waals surface area contributed by atoms with Gasteiger partial charge in [-0.3, -0.25) is 4.79 Å². The van der Waals surface area contributed by atoms with Crippen LogP contribution in [0, 0.1) is 12.8 Å². The summed E-state index contributed by atoms with van der Waals surface area (Å²) in [5, 5.41) is 3.12. The standard InChI is InChI=1S/C28H32N2O4S/c1-20-15-17-30(18-16-20)35(32,33)23-13-14-26(34-3)25(19-23)28(31)29-27(22-10-5-4-6-11-22)24-12-8-7-9-21(24)2/h4-14,19-20,27H,15-18H2,1-3H3,(H,29,31)/t27-/m1/s1. The Labute approximate surface area is 208 Å². The van der Waals surface area contributed by atoms with Gasteiger partial charge in [0.05, 0.1) is 23.6 Å². The van der Waals surface area contributed by atoms with Crippen molar-refractivity contribution in [1.29, 1.82) is 0 Å². The van der Waals surface area contributed by atoms with Crippen LogP contribution in [-0.2, 0) is 10.0 Å². The highest BCUT2D eigenvalue weighted by atomic mass is 32.2. The molecule has 0 radical (unpaired) electrons. The third-order valence-corrected chi connectivity index (χ3v) is 8.60. The molecular weight excluding hydrogens is 460 g/mol. The average molecular weight is 493 g/mol. The van der Waals surface area contributed by atoms with Crippen molar-refractivity contribution in [2.75, 3.05) is 20.2 Å². The van der Waals surface area contributed by atoms with Gasteiger partial charge < -0.3 is 10.1 Å². The molecule has 1 fully saturated rings. The number of nitrogens with zero attached hydrogens (tertiary/aromatic N) is 1. The third kappa shape index (κ3) is 5.41. The number of piperidine rings is 1. The summed E-state index contributed by atoms with van der Waals surface area (Å²) in [4.78, 5) is 13.7. The second kappa shape index (κ2) is 10.6. The van der Waals surface area contributed by atoms with Crippen LogP contribution in [-0.4, -0.2) is 38.8 Å². The lowest BCUT2D eigenvalue weighted by molar-refractivity contribution is 0.0939. The highest BCUT2D eigenvalue weighted by Crippen LogP contribution is 2.30. The molecule has 0 spiro atoms. The van der Waals surface area contributed by atoms with Gasteiger partial charge in [-0.2, -0.15) is 4.31 Å². The molecule has 6 nitrogen and oxygen atoms in total. The van der Waals surface area contributed by atoms with Crippen LogP contribution in [0.5, 0.6) is 5.75 Å². The summed E-state index contributed by atoms with van der Waals surface area (Å²) in [6, 6.07) is 21.7. The van der Waals surface area contributed by atoms with Crippen molar-refractivity contribution in [3.8, 4) is 5.75 Å².